The van der Waals surface area contributed by atoms with Gasteiger partial charge in [-0.1, -0.05) is 4.68 Å². The minimum absolute atomic E-state index is 0.551. The van der Waals surface area contributed by atoms with E-state index >= 15 is 0 Å². The van der Waals surface area contributed by atoms with Gasteiger partial charge >= 0.3 is 0 Å². The average Bonchev–Trinajstić information content (AvgIpc) is 2.39. The zero-order valence-corrected chi connectivity index (χ0v) is 10.9. The fourth-order valence-corrected chi connectivity index (χ4v) is 1.66. The van der Waals surface area contributed by atoms with Crippen molar-refractivity contribution in [3.8, 4) is 0 Å². The number of hydrogen-bond donors (Lipinski definition) is 1. The summed E-state index contributed by atoms with van der Waals surface area (Å²) in [4.78, 5) is 8.16. The lowest BCUT2D eigenvalue weighted by molar-refractivity contribution is -0.507. The second-order valence-corrected chi connectivity index (χ2v) is 5.60. The summed E-state index contributed by atoms with van der Waals surface area (Å²) in [7, 11) is -4.33. The van der Waals surface area contributed by atoms with Crippen molar-refractivity contribution in [2.45, 2.75) is 12.2 Å². The maximum absolute atomic E-state index is 10.8. The molecular formula is C11H12N4O3S. The number of hydrazine groups is 1. The molecule has 7 nitrogen and oxygen atoms in total. The van der Waals surface area contributed by atoms with Gasteiger partial charge in [-0.3, -0.25) is 0 Å². The fraction of sp³-hybridized carbons (Fsp3) is 0.182. The molecule has 1 N–H and O–H groups in total. The maximum atomic E-state index is 10.8. The maximum Gasteiger partial charge on any atom is 0.200 e. The number of nitrogens with zero attached hydrogens (tertiary/aromatic N) is 3. The summed E-state index contributed by atoms with van der Waals surface area (Å²) in [6.45, 7) is 1.32. The van der Waals surface area contributed by atoms with Crippen LogP contribution in [0.5, 0.6) is 0 Å². The van der Waals surface area contributed by atoms with Gasteiger partial charge in [-0.2, -0.15) is 5.43 Å². The zero-order chi connectivity index (χ0) is 13.9. The lowest BCUT2D eigenvalue weighted by Crippen LogP contribution is -2.30. The molecule has 0 saturated heterocycles. The minimum Gasteiger partial charge on any atom is -0.747 e. The molecule has 1 aliphatic heterocycles. The molecule has 0 amide bonds. The van der Waals surface area contributed by atoms with Crippen LogP contribution in [0.2, 0.25) is 0 Å². The molecule has 2 rings (SSSR count). The first-order chi connectivity index (χ1) is 8.97. The first-order valence-electron chi connectivity index (χ1n) is 5.47. The van der Waals surface area contributed by atoms with Gasteiger partial charge in [0, 0.05) is 24.0 Å². The van der Waals surface area contributed by atoms with Gasteiger partial charge in [-0.25, -0.2) is 18.4 Å². The molecule has 0 bridgehead atoms. The molecule has 1 aromatic heterocycles. The van der Waals surface area contributed by atoms with Gasteiger partial charge in [0.15, 0.2) is 18.2 Å². The third kappa shape index (κ3) is 3.46. The number of rotatable bonds is 3. The van der Waals surface area contributed by atoms with Gasteiger partial charge in [0.25, 0.3) is 0 Å². The molecule has 0 aliphatic carbocycles. The molecule has 1 atom stereocenters. The van der Waals surface area contributed by atoms with Crippen LogP contribution in [-0.2, 0) is 10.1 Å². The van der Waals surface area contributed by atoms with E-state index in [2.05, 4.69) is 15.4 Å². The van der Waals surface area contributed by atoms with Crippen molar-refractivity contribution in [2.75, 3.05) is 0 Å². The van der Waals surface area contributed by atoms with Gasteiger partial charge in [0.05, 0.1) is 6.20 Å². The van der Waals surface area contributed by atoms with Gasteiger partial charge < -0.3 is 4.55 Å². The molecule has 0 fully saturated rings. The van der Waals surface area contributed by atoms with Crippen molar-refractivity contribution in [1.29, 1.82) is 0 Å². The molecule has 2 heterocycles. The van der Waals surface area contributed by atoms with Crippen molar-refractivity contribution in [1.82, 2.24) is 15.4 Å². The van der Waals surface area contributed by atoms with Crippen LogP contribution in [0, 0.1) is 0 Å². The van der Waals surface area contributed by atoms with Crippen molar-refractivity contribution in [3.63, 3.8) is 0 Å². The number of aromatic nitrogens is 2. The second kappa shape index (κ2) is 5.29. The van der Waals surface area contributed by atoms with Gasteiger partial charge in [-0.15, -0.1) is 0 Å². The molecule has 19 heavy (non-hydrogen) atoms. The standard InChI is InChI=1S/C11H12N4O3S/c1-9(19(16,17)18)8-15-6-3-10(7-14-15)11-12-4-2-5-13-11/h2-9,14H,1H3. The number of hydrogen-bond acceptors (Lipinski definition) is 6. The SMILES string of the molecule is CC(C=[N+]1C=CC(c2ncccn2)=CN1)S(=O)(=O)[O-]. The summed E-state index contributed by atoms with van der Waals surface area (Å²) in [5.74, 6) is 0.551. The Balaban J connectivity index is 2.14. The molecular weight excluding hydrogens is 268 g/mol. The predicted molar refractivity (Wildman–Crippen MR) is 67.8 cm³/mol. The molecule has 1 aliphatic rings. The fourth-order valence-electron chi connectivity index (χ4n) is 1.38. The molecule has 0 aromatic carbocycles. The predicted octanol–water partition coefficient (Wildman–Crippen LogP) is -0.134. The highest BCUT2D eigenvalue weighted by Crippen LogP contribution is 2.11. The summed E-state index contributed by atoms with van der Waals surface area (Å²) >= 11 is 0. The first-order valence-corrected chi connectivity index (χ1v) is 6.94. The van der Waals surface area contributed by atoms with E-state index in [0.29, 0.717) is 5.82 Å². The van der Waals surface area contributed by atoms with E-state index in [0.717, 1.165) is 5.57 Å². The lowest BCUT2D eigenvalue weighted by atomic mass is 10.2. The first kappa shape index (κ1) is 13.4. The van der Waals surface area contributed by atoms with Gasteiger partial charge in [-0.05, 0) is 13.0 Å². The Morgan fingerprint density at radius 3 is 2.63 bits per heavy atom. The van der Waals surface area contributed by atoms with E-state index in [9.17, 15) is 13.0 Å². The number of allylic oxidation sites excluding steroid dienone is 2. The Bertz CT molecular complexity index is 650. The summed E-state index contributed by atoms with van der Waals surface area (Å²) in [6, 6.07) is 1.71. The molecule has 1 unspecified atom stereocenters. The van der Waals surface area contributed by atoms with E-state index in [-0.39, 0.29) is 0 Å². The van der Waals surface area contributed by atoms with Gasteiger partial charge in [0.2, 0.25) is 0 Å². The van der Waals surface area contributed by atoms with E-state index < -0.39 is 15.4 Å². The van der Waals surface area contributed by atoms with Crippen LogP contribution in [-0.4, -0.2) is 39.1 Å². The molecule has 0 spiro atoms. The van der Waals surface area contributed by atoms with Crippen LogP contribution in [0.3, 0.4) is 0 Å². The highest BCUT2D eigenvalue weighted by Gasteiger charge is 2.15. The Morgan fingerprint density at radius 2 is 2.11 bits per heavy atom. The van der Waals surface area contributed by atoms with Crippen LogP contribution in [0.15, 0.2) is 36.9 Å². The van der Waals surface area contributed by atoms with Crippen molar-refractivity contribution >= 4 is 21.9 Å². The summed E-state index contributed by atoms with van der Waals surface area (Å²) in [5.41, 5.74) is 3.57. The van der Waals surface area contributed by atoms with Crippen LogP contribution in [0.1, 0.15) is 12.7 Å². The minimum atomic E-state index is -4.33. The van der Waals surface area contributed by atoms with E-state index in [4.69, 9.17) is 0 Å². The van der Waals surface area contributed by atoms with Crippen LogP contribution >= 0.6 is 0 Å². The highest BCUT2D eigenvalue weighted by atomic mass is 32.2. The van der Waals surface area contributed by atoms with Crippen molar-refractivity contribution in [2.24, 2.45) is 0 Å². The normalized spacial score (nSPS) is 18.8. The third-order valence-electron chi connectivity index (χ3n) is 2.43. The molecule has 0 saturated carbocycles. The lowest BCUT2D eigenvalue weighted by Gasteiger charge is -2.10. The Morgan fingerprint density at radius 1 is 1.42 bits per heavy atom. The second-order valence-electron chi connectivity index (χ2n) is 3.87. The van der Waals surface area contributed by atoms with Crippen LogP contribution in [0.4, 0.5) is 0 Å². The van der Waals surface area contributed by atoms with E-state index in [1.165, 1.54) is 17.8 Å². The molecule has 0 radical (unpaired) electrons. The topological polar surface area (TPSA) is 98.0 Å². The van der Waals surface area contributed by atoms with Crippen molar-refractivity contribution < 1.29 is 17.7 Å². The Hall–Kier alpha value is -2.06. The number of nitrogens with one attached hydrogen (secondary N) is 1. The van der Waals surface area contributed by atoms with E-state index in [1.54, 1.807) is 36.9 Å². The molecule has 100 valence electrons. The van der Waals surface area contributed by atoms with E-state index in [1.807, 2.05) is 0 Å². The molecule has 1 aromatic rings. The van der Waals surface area contributed by atoms with Crippen LogP contribution in [0.25, 0.3) is 5.57 Å². The average molecular weight is 280 g/mol. The van der Waals surface area contributed by atoms with Crippen LogP contribution < -0.4 is 5.43 Å². The monoisotopic (exact) mass is 280 g/mol. The summed E-state index contributed by atoms with van der Waals surface area (Å²) in [6.07, 6.45) is 9.46. The zero-order valence-electron chi connectivity index (χ0n) is 10.1. The smallest absolute Gasteiger partial charge is 0.200 e. The highest BCUT2D eigenvalue weighted by molar-refractivity contribution is 7.87. The van der Waals surface area contributed by atoms with Crippen molar-refractivity contribution in [3.05, 3.63) is 42.8 Å². The largest absolute Gasteiger partial charge is 0.747 e. The summed E-state index contributed by atoms with van der Waals surface area (Å²) < 4.78 is 33.8. The Labute approximate surface area is 110 Å². The Kier molecular flexibility index (Phi) is 3.72. The number of hydrazone groups is 1. The molecule has 8 heteroatoms. The van der Waals surface area contributed by atoms with Gasteiger partial charge in [0.1, 0.15) is 15.4 Å². The summed E-state index contributed by atoms with van der Waals surface area (Å²) in [5, 5.41) is -1.12. The quantitative estimate of drug-likeness (QED) is 0.611. The third-order valence-corrected chi connectivity index (χ3v) is 3.47.